The number of hydrogen-bond donors (Lipinski definition) is 4. The van der Waals surface area contributed by atoms with Crippen molar-refractivity contribution < 1.29 is 23.1 Å². The number of carboxylic acid groups (broad SMARTS) is 1. The molecule has 0 spiro atoms. The zero-order chi connectivity index (χ0) is 23.4. The number of carbonyl (C=O) groups excluding carboxylic acids is 1. The van der Waals surface area contributed by atoms with Crippen LogP contribution in [0.2, 0.25) is 10.0 Å². The van der Waals surface area contributed by atoms with Gasteiger partial charge in [0.2, 0.25) is 0 Å². The van der Waals surface area contributed by atoms with Crippen LogP contribution in [0.1, 0.15) is 36.7 Å². The molecule has 4 N–H and O–H groups in total. The Morgan fingerprint density at radius 1 is 1.10 bits per heavy atom. The fourth-order valence-corrected chi connectivity index (χ4v) is 4.54. The van der Waals surface area contributed by atoms with Gasteiger partial charge in [0.1, 0.15) is 6.04 Å². The van der Waals surface area contributed by atoms with Crippen LogP contribution in [0, 0.1) is 0 Å². The van der Waals surface area contributed by atoms with Gasteiger partial charge in [0.05, 0.1) is 15.6 Å². The first-order valence-corrected chi connectivity index (χ1v) is 11.2. The molecule has 0 aliphatic rings. The number of nitrogens with zero attached hydrogens (tertiary/aromatic N) is 1. The predicted molar refractivity (Wildman–Crippen MR) is 119 cm³/mol. The molecule has 2 rings (SSSR count). The SMILES string of the molecule is CC(C)(C)NS(=O)(=O)NC(Cc1ccc(NC(=O)c2c(Cl)cncc2Cl)cc1)C(=O)O. The average molecular weight is 489 g/mol. The van der Waals surface area contributed by atoms with E-state index in [2.05, 4.69) is 19.7 Å². The van der Waals surface area contributed by atoms with Gasteiger partial charge in [0.25, 0.3) is 16.1 Å². The summed E-state index contributed by atoms with van der Waals surface area (Å²) in [4.78, 5) is 27.7. The Kier molecular flexibility index (Phi) is 8.01. The standard InChI is InChI=1S/C19H22Cl2N4O5S/c1-19(2,3)25-31(29,30)24-15(18(27)28)8-11-4-6-12(7-5-11)23-17(26)16-13(20)9-22-10-14(16)21/h4-7,9-10,15,24-25H,8H2,1-3H3,(H,23,26)(H,27,28). The molecule has 1 heterocycles. The van der Waals surface area contributed by atoms with Gasteiger partial charge in [-0.2, -0.15) is 17.9 Å². The van der Waals surface area contributed by atoms with Crippen molar-refractivity contribution in [1.82, 2.24) is 14.4 Å². The first-order chi connectivity index (χ1) is 14.3. The molecule has 1 unspecified atom stereocenters. The number of benzene rings is 1. The molecule has 31 heavy (non-hydrogen) atoms. The first-order valence-electron chi connectivity index (χ1n) is 9.01. The van der Waals surface area contributed by atoms with Gasteiger partial charge in [-0.25, -0.2) is 0 Å². The third-order valence-electron chi connectivity index (χ3n) is 3.77. The lowest BCUT2D eigenvalue weighted by Crippen LogP contribution is -2.52. The van der Waals surface area contributed by atoms with Crippen molar-refractivity contribution in [2.75, 3.05) is 5.32 Å². The Balaban J connectivity index is 2.09. The Bertz CT molecular complexity index is 1050. The highest BCUT2D eigenvalue weighted by Crippen LogP contribution is 2.24. The highest BCUT2D eigenvalue weighted by atomic mass is 35.5. The van der Waals surface area contributed by atoms with Crippen molar-refractivity contribution in [2.24, 2.45) is 0 Å². The van der Waals surface area contributed by atoms with Crippen molar-refractivity contribution in [3.05, 3.63) is 57.8 Å². The van der Waals surface area contributed by atoms with Crippen LogP contribution in [0.5, 0.6) is 0 Å². The molecule has 0 aliphatic carbocycles. The minimum atomic E-state index is -4.03. The number of amides is 1. The van der Waals surface area contributed by atoms with Gasteiger partial charge >= 0.3 is 5.97 Å². The second-order valence-corrected chi connectivity index (χ2v) is 9.96. The van der Waals surface area contributed by atoms with E-state index in [9.17, 15) is 23.1 Å². The summed E-state index contributed by atoms with van der Waals surface area (Å²) in [7, 11) is -4.03. The van der Waals surface area contributed by atoms with Crippen molar-refractivity contribution in [2.45, 2.75) is 38.8 Å². The second-order valence-electron chi connectivity index (χ2n) is 7.70. The first kappa shape index (κ1) is 25.0. The van der Waals surface area contributed by atoms with Crippen molar-refractivity contribution in [3.8, 4) is 0 Å². The highest BCUT2D eigenvalue weighted by Gasteiger charge is 2.27. The Hall–Kier alpha value is -2.24. The van der Waals surface area contributed by atoms with Gasteiger partial charge in [-0.15, -0.1) is 0 Å². The fourth-order valence-electron chi connectivity index (χ4n) is 2.58. The van der Waals surface area contributed by atoms with Gasteiger partial charge in [-0.3, -0.25) is 14.6 Å². The number of aliphatic carboxylic acids is 1. The van der Waals surface area contributed by atoms with Gasteiger partial charge in [0, 0.05) is 23.6 Å². The summed E-state index contributed by atoms with van der Waals surface area (Å²) in [5.41, 5.74) is 0.271. The highest BCUT2D eigenvalue weighted by molar-refractivity contribution is 7.87. The number of hydrogen-bond acceptors (Lipinski definition) is 5. The summed E-state index contributed by atoms with van der Waals surface area (Å²) < 4.78 is 28.8. The van der Waals surface area contributed by atoms with Gasteiger partial charge in [0.15, 0.2) is 0 Å². The van der Waals surface area contributed by atoms with Crippen LogP contribution in [0.25, 0.3) is 0 Å². The zero-order valence-electron chi connectivity index (χ0n) is 16.9. The van der Waals surface area contributed by atoms with Crippen LogP contribution in [0.15, 0.2) is 36.7 Å². The molecular formula is C19H22Cl2N4O5S. The summed E-state index contributed by atoms with van der Waals surface area (Å²) in [6.07, 6.45) is 2.50. The Labute approximate surface area is 190 Å². The maximum atomic E-state index is 12.4. The minimum Gasteiger partial charge on any atom is -0.480 e. The maximum Gasteiger partial charge on any atom is 0.322 e. The molecule has 12 heteroatoms. The minimum absolute atomic E-state index is 0.0779. The second kappa shape index (κ2) is 9.92. The maximum absolute atomic E-state index is 12.4. The summed E-state index contributed by atoms with van der Waals surface area (Å²) >= 11 is 11.9. The van der Waals surface area contributed by atoms with Crippen LogP contribution < -0.4 is 14.8 Å². The monoisotopic (exact) mass is 488 g/mol. The van der Waals surface area contributed by atoms with E-state index in [-0.39, 0.29) is 22.0 Å². The Morgan fingerprint density at radius 3 is 2.13 bits per heavy atom. The number of pyridine rings is 1. The molecule has 1 aromatic carbocycles. The normalized spacial score (nSPS) is 12.9. The lowest BCUT2D eigenvalue weighted by molar-refractivity contribution is -0.138. The summed E-state index contributed by atoms with van der Waals surface area (Å²) in [5, 5.41) is 12.2. The number of rotatable bonds is 8. The molecule has 0 bridgehead atoms. The van der Waals surface area contributed by atoms with Gasteiger partial charge in [-0.1, -0.05) is 35.3 Å². The molecule has 0 fully saturated rings. The smallest absolute Gasteiger partial charge is 0.322 e. The average Bonchev–Trinajstić information content (AvgIpc) is 2.60. The molecular weight excluding hydrogens is 467 g/mol. The summed E-state index contributed by atoms with van der Waals surface area (Å²) in [5.74, 6) is -1.85. The van der Waals surface area contributed by atoms with E-state index in [0.717, 1.165) is 0 Å². The van der Waals surface area contributed by atoms with Crippen LogP contribution >= 0.6 is 23.2 Å². The summed E-state index contributed by atoms with van der Waals surface area (Å²) in [6.45, 7) is 4.92. The predicted octanol–water partition coefficient (Wildman–Crippen LogP) is 2.86. The molecule has 0 radical (unpaired) electrons. The van der Waals surface area contributed by atoms with Crippen molar-refractivity contribution in [3.63, 3.8) is 0 Å². The lowest BCUT2D eigenvalue weighted by atomic mass is 10.1. The lowest BCUT2D eigenvalue weighted by Gasteiger charge is -2.22. The van der Waals surface area contributed by atoms with Gasteiger partial charge < -0.3 is 10.4 Å². The van der Waals surface area contributed by atoms with Gasteiger partial charge in [-0.05, 0) is 44.9 Å². The zero-order valence-corrected chi connectivity index (χ0v) is 19.3. The molecule has 9 nitrogen and oxygen atoms in total. The molecule has 0 saturated carbocycles. The topological polar surface area (TPSA) is 137 Å². The van der Waals surface area contributed by atoms with Crippen molar-refractivity contribution in [1.29, 1.82) is 0 Å². The van der Waals surface area contributed by atoms with E-state index in [4.69, 9.17) is 23.2 Å². The number of carboxylic acids is 1. The van der Waals surface area contributed by atoms with Crippen molar-refractivity contribution >= 4 is 51.0 Å². The van der Waals surface area contributed by atoms with E-state index >= 15 is 0 Å². The molecule has 2 aromatic rings. The van der Waals surface area contributed by atoms with E-state index < -0.39 is 33.7 Å². The van der Waals surface area contributed by atoms with E-state index in [0.29, 0.717) is 11.3 Å². The molecule has 1 amide bonds. The molecule has 0 aliphatic heterocycles. The quantitative estimate of drug-likeness (QED) is 0.450. The van der Waals surface area contributed by atoms with E-state index in [1.807, 2.05) is 0 Å². The molecule has 0 saturated heterocycles. The number of aromatic nitrogens is 1. The largest absolute Gasteiger partial charge is 0.480 e. The number of anilines is 1. The van der Waals surface area contributed by atoms with Crippen LogP contribution in [0.3, 0.4) is 0 Å². The van der Waals surface area contributed by atoms with Crippen LogP contribution in [-0.2, 0) is 21.4 Å². The third kappa shape index (κ3) is 7.75. The van der Waals surface area contributed by atoms with E-state index in [1.54, 1.807) is 45.0 Å². The molecule has 1 atom stereocenters. The third-order valence-corrected chi connectivity index (χ3v) is 5.82. The number of carbonyl (C=O) groups is 2. The van der Waals surface area contributed by atoms with Crippen LogP contribution in [0.4, 0.5) is 5.69 Å². The summed E-state index contributed by atoms with van der Waals surface area (Å²) in [6, 6.07) is 4.88. The van der Waals surface area contributed by atoms with E-state index in [1.165, 1.54) is 12.4 Å². The number of nitrogens with one attached hydrogen (secondary N) is 3. The Morgan fingerprint density at radius 2 is 1.65 bits per heavy atom. The number of halogens is 2. The fraction of sp³-hybridized carbons (Fsp3) is 0.316. The molecule has 168 valence electrons. The van der Waals surface area contributed by atoms with Crippen LogP contribution in [-0.4, -0.2) is 42.0 Å². The molecule has 1 aromatic heterocycles.